The van der Waals surface area contributed by atoms with E-state index in [9.17, 15) is 4.79 Å². The molecule has 0 N–H and O–H groups in total. The lowest BCUT2D eigenvalue weighted by molar-refractivity contribution is -0.140. The first-order valence-electron chi connectivity index (χ1n) is 6.42. The molecule has 0 atom stereocenters. The standard InChI is InChI=1S/C14H19NO3S/c1-17-14(16)6-11-19-13-5-3-2-4-12(13)15-7-9-18-10-8-15/h2-5H,6-11H2,1H3. The average molecular weight is 281 g/mol. The highest BCUT2D eigenvalue weighted by atomic mass is 32.2. The summed E-state index contributed by atoms with van der Waals surface area (Å²) in [6, 6.07) is 8.32. The molecule has 2 rings (SSSR count). The Hall–Kier alpha value is -1.20. The van der Waals surface area contributed by atoms with Gasteiger partial charge in [0.25, 0.3) is 0 Å². The number of thioether (sulfide) groups is 1. The van der Waals surface area contributed by atoms with Crippen LogP contribution in [-0.4, -0.2) is 45.1 Å². The van der Waals surface area contributed by atoms with Crippen LogP contribution in [0.3, 0.4) is 0 Å². The van der Waals surface area contributed by atoms with Gasteiger partial charge in [0.1, 0.15) is 0 Å². The van der Waals surface area contributed by atoms with E-state index in [4.69, 9.17) is 4.74 Å². The largest absolute Gasteiger partial charge is 0.469 e. The molecule has 0 spiro atoms. The number of hydrogen-bond donors (Lipinski definition) is 0. The molecule has 1 fully saturated rings. The molecule has 0 saturated carbocycles. The van der Waals surface area contributed by atoms with Crippen LogP contribution in [0.1, 0.15) is 6.42 Å². The minimum Gasteiger partial charge on any atom is -0.469 e. The number of morpholine rings is 1. The molecule has 0 radical (unpaired) electrons. The van der Waals surface area contributed by atoms with Crippen molar-refractivity contribution < 1.29 is 14.3 Å². The van der Waals surface area contributed by atoms with Gasteiger partial charge in [-0.05, 0) is 12.1 Å². The second-order valence-electron chi connectivity index (χ2n) is 4.24. The Bertz CT molecular complexity index is 419. The quantitative estimate of drug-likeness (QED) is 0.611. The number of anilines is 1. The summed E-state index contributed by atoms with van der Waals surface area (Å²) in [7, 11) is 1.43. The van der Waals surface area contributed by atoms with Gasteiger partial charge in [-0.3, -0.25) is 4.79 Å². The van der Waals surface area contributed by atoms with Gasteiger partial charge in [-0.1, -0.05) is 12.1 Å². The molecule has 104 valence electrons. The fraction of sp³-hybridized carbons (Fsp3) is 0.500. The zero-order valence-electron chi connectivity index (χ0n) is 11.1. The van der Waals surface area contributed by atoms with Crippen LogP contribution in [0.25, 0.3) is 0 Å². The highest BCUT2D eigenvalue weighted by molar-refractivity contribution is 7.99. The van der Waals surface area contributed by atoms with Crippen LogP contribution < -0.4 is 4.90 Å². The van der Waals surface area contributed by atoms with E-state index in [2.05, 4.69) is 27.8 Å². The Balaban J connectivity index is 1.97. The lowest BCUT2D eigenvalue weighted by Gasteiger charge is -2.30. The van der Waals surface area contributed by atoms with Gasteiger partial charge < -0.3 is 14.4 Å². The van der Waals surface area contributed by atoms with E-state index in [-0.39, 0.29) is 5.97 Å². The first-order chi connectivity index (χ1) is 9.31. The first kappa shape index (κ1) is 14.2. The molecule has 0 aromatic heterocycles. The minimum atomic E-state index is -0.156. The van der Waals surface area contributed by atoms with Crippen LogP contribution in [0.4, 0.5) is 5.69 Å². The Morgan fingerprint density at radius 3 is 2.84 bits per heavy atom. The number of para-hydroxylation sites is 1. The number of carbonyl (C=O) groups excluding carboxylic acids is 1. The van der Waals surface area contributed by atoms with Gasteiger partial charge in [0.2, 0.25) is 0 Å². The van der Waals surface area contributed by atoms with E-state index in [1.54, 1.807) is 11.8 Å². The highest BCUT2D eigenvalue weighted by Gasteiger charge is 2.14. The number of hydrogen-bond acceptors (Lipinski definition) is 5. The highest BCUT2D eigenvalue weighted by Crippen LogP contribution is 2.30. The van der Waals surface area contributed by atoms with E-state index in [0.29, 0.717) is 6.42 Å². The maximum atomic E-state index is 11.1. The fourth-order valence-corrected chi connectivity index (χ4v) is 3.00. The van der Waals surface area contributed by atoms with E-state index >= 15 is 0 Å². The third-order valence-corrected chi connectivity index (χ3v) is 4.07. The lowest BCUT2D eigenvalue weighted by Crippen LogP contribution is -2.36. The molecule has 0 unspecified atom stereocenters. The van der Waals surface area contributed by atoms with Crippen molar-refractivity contribution in [2.45, 2.75) is 11.3 Å². The summed E-state index contributed by atoms with van der Waals surface area (Å²) in [6.45, 7) is 3.41. The summed E-state index contributed by atoms with van der Waals surface area (Å²) in [5, 5.41) is 0. The molecule has 19 heavy (non-hydrogen) atoms. The summed E-state index contributed by atoms with van der Waals surface area (Å²) in [5.74, 6) is 0.588. The van der Waals surface area contributed by atoms with E-state index in [0.717, 1.165) is 32.1 Å². The fourth-order valence-electron chi connectivity index (χ4n) is 1.99. The van der Waals surface area contributed by atoms with Crippen molar-refractivity contribution >= 4 is 23.4 Å². The predicted octanol–water partition coefficient (Wildman–Crippen LogP) is 2.18. The van der Waals surface area contributed by atoms with Gasteiger partial charge in [-0.25, -0.2) is 0 Å². The van der Waals surface area contributed by atoms with Gasteiger partial charge in [-0.15, -0.1) is 11.8 Å². The first-order valence-corrected chi connectivity index (χ1v) is 7.41. The number of ether oxygens (including phenoxy) is 2. The van der Waals surface area contributed by atoms with E-state index < -0.39 is 0 Å². The summed E-state index contributed by atoms with van der Waals surface area (Å²) < 4.78 is 10.0. The second-order valence-corrected chi connectivity index (χ2v) is 5.38. The predicted molar refractivity (Wildman–Crippen MR) is 76.8 cm³/mol. The van der Waals surface area contributed by atoms with Gasteiger partial charge in [0, 0.05) is 23.7 Å². The van der Waals surface area contributed by atoms with E-state index in [1.807, 2.05) is 6.07 Å². The second kappa shape index (κ2) is 7.40. The van der Waals surface area contributed by atoms with Crippen molar-refractivity contribution in [3.8, 4) is 0 Å². The normalized spacial score (nSPS) is 15.3. The maximum Gasteiger partial charge on any atom is 0.306 e. The molecule has 4 nitrogen and oxygen atoms in total. The Morgan fingerprint density at radius 2 is 2.11 bits per heavy atom. The number of esters is 1. The SMILES string of the molecule is COC(=O)CCSc1ccccc1N1CCOCC1. The number of carbonyl (C=O) groups is 1. The number of methoxy groups -OCH3 is 1. The average Bonchev–Trinajstić information content (AvgIpc) is 2.48. The summed E-state index contributed by atoms with van der Waals surface area (Å²) in [4.78, 5) is 14.7. The number of nitrogens with zero attached hydrogens (tertiary/aromatic N) is 1. The Labute approximate surface area is 118 Å². The Kier molecular flexibility index (Phi) is 5.54. The van der Waals surface area contributed by atoms with Crippen LogP contribution in [0.2, 0.25) is 0 Å². The van der Waals surface area contributed by atoms with Crippen molar-refractivity contribution in [2.24, 2.45) is 0 Å². The molecule has 0 aliphatic carbocycles. The van der Waals surface area contributed by atoms with Crippen LogP contribution >= 0.6 is 11.8 Å². The topological polar surface area (TPSA) is 38.8 Å². The number of benzene rings is 1. The molecule has 1 heterocycles. The zero-order valence-corrected chi connectivity index (χ0v) is 11.9. The van der Waals surface area contributed by atoms with Crippen molar-refractivity contribution in [3.05, 3.63) is 24.3 Å². The molecule has 1 aliphatic heterocycles. The minimum absolute atomic E-state index is 0.156. The van der Waals surface area contributed by atoms with Crippen molar-refractivity contribution in [1.29, 1.82) is 0 Å². The summed E-state index contributed by atoms with van der Waals surface area (Å²) >= 11 is 1.70. The van der Waals surface area contributed by atoms with Gasteiger partial charge in [0.05, 0.1) is 32.4 Å². The molecule has 1 aliphatic rings. The summed E-state index contributed by atoms with van der Waals surface area (Å²) in [6.07, 6.45) is 0.443. The lowest BCUT2D eigenvalue weighted by atomic mass is 10.2. The van der Waals surface area contributed by atoms with Crippen molar-refractivity contribution in [3.63, 3.8) is 0 Å². The third kappa shape index (κ3) is 4.14. The van der Waals surface area contributed by atoms with E-state index in [1.165, 1.54) is 17.7 Å². The van der Waals surface area contributed by atoms with Crippen LogP contribution in [-0.2, 0) is 14.3 Å². The molecule has 1 saturated heterocycles. The molecule has 1 aromatic carbocycles. The van der Waals surface area contributed by atoms with Crippen LogP contribution in [0, 0.1) is 0 Å². The molecular formula is C14H19NO3S. The van der Waals surface area contributed by atoms with Crippen LogP contribution in [0.15, 0.2) is 29.2 Å². The molecule has 0 bridgehead atoms. The summed E-state index contributed by atoms with van der Waals surface area (Å²) in [5.41, 5.74) is 1.24. The van der Waals surface area contributed by atoms with Gasteiger partial charge >= 0.3 is 5.97 Å². The molecular weight excluding hydrogens is 262 g/mol. The Morgan fingerprint density at radius 1 is 1.37 bits per heavy atom. The molecule has 1 aromatic rings. The molecule has 5 heteroatoms. The van der Waals surface area contributed by atoms with Crippen LogP contribution in [0.5, 0.6) is 0 Å². The van der Waals surface area contributed by atoms with Gasteiger partial charge in [-0.2, -0.15) is 0 Å². The molecule has 0 amide bonds. The zero-order chi connectivity index (χ0) is 13.5. The number of rotatable bonds is 5. The van der Waals surface area contributed by atoms with Crippen molar-refractivity contribution in [2.75, 3.05) is 44.1 Å². The van der Waals surface area contributed by atoms with Crippen molar-refractivity contribution in [1.82, 2.24) is 0 Å². The third-order valence-electron chi connectivity index (χ3n) is 3.01. The van der Waals surface area contributed by atoms with Gasteiger partial charge in [0.15, 0.2) is 0 Å². The monoisotopic (exact) mass is 281 g/mol. The maximum absolute atomic E-state index is 11.1. The smallest absolute Gasteiger partial charge is 0.306 e.